The lowest BCUT2D eigenvalue weighted by molar-refractivity contribution is -0.333. The van der Waals surface area contributed by atoms with E-state index >= 15 is 0 Å². The van der Waals surface area contributed by atoms with Crippen molar-refractivity contribution in [3.05, 3.63) is 40.2 Å². The molecule has 13 nitrogen and oxygen atoms in total. The summed E-state index contributed by atoms with van der Waals surface area (Å²) in [5.74, 6) is -2.33. The van der Waals surface area contributed by atoms with Crippen LogP contribution in [0.3, 0.4) is 0 Å². The number of esters is 4. The molecule has 0 aliphatic carbocycles. The van der Waals surface area contributed by atoms with E-state index in [0.717, 1.165) is 31.7 Å². The van der Waals surface area contributed by atoms with E-state index in [1.165, 1.54) is 13.0 Å². The molecule has 41 heavy (non-hydrogen) atoms. The largest absolute Gasteiger partial charge is 0.487 e. The molecule has 2 aliphatic heterocycles. The smallest absolute Gasteiger partial charge is 0.336 e. The van der Waals surface area contributed by atoms with Crippen LogP contribution in [-0.2, 0) is 54.0 Å². The summed E-state index contributed by atoms with van der Waals surface area (Å²) in [6.07, 6.45) is -6.68. The van der Waals surface area contributed by atoms with Gasteiger partial charge in [0.25, 0.3) is 0 Å². The first kappa shape index (κ1) is 30.0. The van der Waals surface area contributed by atoms with Gasteiger partial charge in [-0.3, -0.25) is 19.2 Å². The summed E-state index contributed by atoms with van der Waals surface area (Å²) in [4.78, 5) is 59.4. The summed E-state index contributed by atoms with van der Waals surface area (Å²) in [6.45, 7) is 7.72. The predicted octanol–water partition coefficient (Wildman–Crippen LogP) is 1.97. The Hall–Kier alpha value is -3.97. The van der Waals surface area contributed by atoms with Crippen LogP contribution in [0.25, 0.3) is 11.0 Å². The minimum absolute atomic E-state index is 0.371. The Labute approximate surface area is 234 Å². The van der Waals surface area contributed by atoms with Gasteiger partial charge in [0.2, 0.25) is 0 Å². The van der Waals surface area contributed by atoms with E-state index in [-0.39, 0.29) is 6.61 Å². The second-order valence-electron chi connectivity index (χ2n) is 10.4. The van der Waals surface area contributed by atoms with Crippen molar-refractivity contribution in [1.82, 2.24) is 0 Å². The average Bonchev–Trinajstić information content (AvgIpc) is 3.28. The van der Waals surface area contributed by atoms with E-state index in [2.05, 4.69) is 0 Å². The van der Waals surface area contributed by atoms with E-state index in [4.69, 9.17) is 37.6 Å². The monoisotopic (exact) mass is 576 g/mol. The zero-order valence-electron chi connectivity index (χ0n) is 23.5. The molecular weight excluding hydrogens is 544 g/mol. The number of hydrogen-bond donors (Lipinski definition) is 0. The van der Waals surface area contributed by atoms with Gasteiger partial charge in [-0.1, -0.05) is 0 Å². The van der Waals surface area contributed by atoms with Gasteiger partial charge in [-0.2, -0.15) is 0 Å². The third kappa shape index (κ3) is 7.03. The molecule has 4 rings (SSSR count). The lowest BCUT2D eigenvalue weighted by Crippen LogP contribution is -2.64. The zero-order chi connectivity index (χ0) is 30.1. The number of carbonyl (C=O) groups is 4. The highest BCUT2D eigenvalue weighted by Crippen LogP contribution is 2.39. The Morgan fingerprint density at radius 1 is 0.878 bits per heavy atom. The fraction of sp³-hybridized carbons (Fsp3) is 0.536. The fourth-order valence-electron chi connectivity index (χ4n) is 4.85. The Morgan fingerprint density at radius 2 is 1.51 bits per heavy atom. The average molecular weight is 577 g/mol. The quantitative estimate of drug-likeness (QED) is 0.255. The molecule has 222 valence electrons. The van der Waals surface area contributed by atoms with E-state index in [1.54, 1.807) is 26.0 Å². The van der Waals surface area contributed by atoms with Crippen molar-refractivity contribution in [2.45, 2.75) is 90.4 Å². The number of ether oxygens (including phenoxy) is 7. The van der Waals surface area contributed by atoms with E-state index in [0.29, 0.717) is 17.8 Å². The van der Waals surface area contributed by atoms with Gasteiger partial charge in [-0.15, -0.1) is 0 Å². The number of rotatable bonds is 8. The van der Waals surface area contributed by atoms with Crippen molar-refractivity contribution in [3.63, 3.8) is 0 Å². The van der Waals surface area contributed by atoms with Crippen LogP contribution >= 0.6 is 0 Å². The molecule has 1 saturated heterocycles. The molecule has 2 aromatic rings. The van der Waals surface area contributed by atoms with Gasteiger partial charge in [0.1, 0.15) is 35.7 Å². The van der Waals surface area contributed by atoms with Crippen LogP contribution < -0.4 is 10.4 Å². The third-order valence-electron chi connectivity index (χ3n) is 6.62. The maximum Gasteiger partial charge on any atom is 0.336 e. The molecule has 0 N–H and O–H groups in total. The van der Waals surface area contributed by atoms with Crippen LogP contribution in [-0.4, -0.2) is 72.9 Å². The molecule has 6 atom stereocenters. The third-order valence-corrected chi connectivity index (χ3v) is 6.62. The first-order valence-corrected chi connectivity index (χ1v) is 12.9. The highest BCUT2D eigenvalue weighted by atomic mass is 16.7. The lowest BCUT2D eigenvalue weighted by atomic mass is 9.94. The molecule has 0 spiro atoms. The van der Waals surface area contributed by atoms with E-state index in [1.807, 2.05) is 6.07 Å². The highest BCUT2D eigenvalue weighted by Gasteiger charge is 2.55. The normalized spacial score (nSPS) is 25.5. The summed E-state index contributed by atoms with van der Waals surface area (Å²) in [5.41, 5.74) is -0.375. The van der Waals surface area contributed by atoms with Gasteiger partial charge in [0, 0.05) is 51.6 Å². The number of carbonyl (C=O) groups excluding carboxylic acids is 4. The zero-order valence-corrected chi connectivity index (χ0v) is 23.5. The topological polar surface area (TPSA) is 163 Å². The maximum atomic E-state index is 12.1. The van der Waals surface area contributed by atoms with Crippen molar-refractivity contribution in [3.8, 4) is 5.75 Å². The number of benzene rings is 1. The second kappa shape index (κ2) is 11.9. The van der Waals surface area contributed by atoms with Crippen LogP contribution in [0.1, 0.15) is 47.1 Å². The Bertz CT molecular complexity index is 1390. The molecule has 1 aromatic heterocycles. The highest BCUT2D eigenvalue weighted by molar-refractivity contribution is 5.79. The summed E-state index contributed by atoms with van der Waals surface area (Å²) in [5, 5.41) is 0.728. The van der Waals surface area contributed by atoms with Crippen molar-refractivity contribution in [2.24, 2.45) is 0 Å². The summed E-state index contributed by atoms with van der Waals surface area (Å²) in [6, 6.07) is 6.49. The Balaban J connectivity index is 1.64. The summed E-state index contributed by atoms with van der Waals surface area (Å²) < 4.78 is 45.3. The standard InChI is InChI=1S/C28H32O13/c1-13(29)34-12-21-24(35-14(2)30)25(36-15(3)31)26(37-16(4)32)27(40-21)41-28(5,6)22-10-18-9-17-7-8-23(33)39-19(17)11-20(18)38-22/h7-9,11,21-22,24-27H,10,12H2,1-6H3/t21?,22-,24?,25?,26?,27?/m1/s1. The van der Waals surface area contributed by atoms with Crippen LogP contribution in [0, 0.1) is 0 Å². The number of hydrogen-bond acceptors (Lipinski definition) is 13. The van der Waals surface area contributed by atoms with Gasteiger partial charge in [-0.25, -0.2) is 4.79 Å². The molecule has 2 aliphatic rings. The molecule has 1 aromatic carbocycles. The molecule has 3 heterocycles. The second-order valence-corrected chi connectivity index (χ2v) is 10.4. The Morgan fingerprint density at radius 3 is 2.15 bits per heavy atom. The van der Waals surface area contributed by atoms with Crippen molar-refractivity contribution in [1.29, 1.82) is 0 Å². The first-order chi connectivity index (χ1) is 19.2. The minimum Gasteiger partial charge on any atom is -0.487 e. The molecule has 13 heteroatoms. The van der Waals surface area contributed by atoms with Crippen LogP contribution in [0.2, 0.25) is 0 Å². The molecule has 0 amide bonds. The van der Waals surface area contributed by atoms with Crippen molar-refractivity contribution < 1.29 is 56.8 Å². The van der Waals surface area contributed by atoms with Gasteiger partial charge in [-0.05, 0) is 31.5 Å². The van der Waals surface area contributed by atoms with Crippen molar-refractivity contribution in [2.75, 3.05) is 6.61 Å². The molecular formula is C28H32O13. The van der Waals surface area contributed by atoms with Gasteiger partial charge in [0.05, 0.1) is 0 Å². The summed E-state index contributed by atoms with van der Waals surface area (Å²) in [7, 11) is 0. The van der Waals surface area contributed by atoms with E-state index < -0.39 is 71.9 Å². The molecule has 1 fully saturated rings. The summed E-state index contributed by atoms with van der Waals surface area (Å²) >= 11 is 0. The predicted molar refractivity (Wildman–Crippen MR) is 138 cm³/mol. The molecule has 0 saturated carbocycles. The molecule has 0 radical (unpaired) electrons. The van der Waals surface area contributed by atoms with Crippen LogP contribution in [0.5, 0.6) is 5.75 Å². The first-order valence-electron chi connectivity index (χ1n) is 12.9. The molecule has 0 bridgehead atoms. The Kier molecular flexibility index (Phi) is 8.69. The van der Waals surface area contributed by atoms with Crippen molar-refractivity contribution >= 4 is 34.8 Å². The fourth-order valence-corrected chi connectivity index (χ4v) is 4.85. The van der Waals surface area contributed by atoms with Crippen LogP contribution in [0.15, 0.2) is 33.5 Å². The van der Waals surface area contributed by atoms with E-state index in [9.17, 15) is 24.0 Å². The van der Waals surface area contributed by atoms with Gasteiger partial charge in [0.15, 0.2) is 24.6 Å². The van der Waals surface area contributed by atoms with Crippen LogP contribution in [0.4, 0.5) is 0 Å². The van der Waals surface area contributed by atoms with Gasteiger partial charge < -0.3 is 37.6 Å². The maximum absolute atomic E-state index is 12.1. The number of fused-ring (bicyclic) bond motifs is 2. The van der Waals surface area contributed by atoms with Gasteiger partial charge >= 0.3 is 29.5 Å². The molecule has 5 unspecified atom stereocenters. The minimum atomic E-state index is -1.37. The lowest BCUT2D eigenvalue weighted by Gasteiger charge is -2.46. The SMILES string of the molecule is CC(=O)OCC1OC(OC(C)(C)[C@H]2Cc3cc4ccc(=O)oc4cc3O2)C(OC(C)=O)C(OC(C)=O)C1OC(C)=O.